The number of ether oxygens (including phenoxy) is 1. The lowest BCUT2D eigenvalue weighted by atomic mass is 10.2. The highest BCUT2D eigenvalue weighted by atomic mass is 19.4. The van der Waals surface area contributed by atoms with Gasteiger partial charge in [0.25, 0.3) is 0 Å². The van der Waals surface area contributed by atoms with E-state index in [4.69, 9.17) is 4.74 Å². The zero-order valence-electron chi connectivity index (χ0n) is 12.0. The quantitative estimate of drug-likeness (QED) is 0.935. The van der Waals surface area contributed by atoms with Crippen molar-refractivity contribution in [1.82, 2.24) is 15.2 Å². The number of alkyl halides is 3. The summed E-state index contributed by atoms with van der Waals surface area (Å²) in [7, 11) is 0. The summed E-state index contributed by atoms with van der Waals surface area (Å²) in [6, 6.07) is 4.85. The van der Waals surface area contributed by atoms with E-state index in [-0.39, 0.29) is 11.6 Å². The second kappa shape index (κ2) is 6.37. The molecule has 2 aromatic rings. The number of aromatic nitrogens is 3. The second-order valence-electron chi connectivity index (χ2n) is 4.94. The number of anilines is 3. The molecule has 0 atom stereocenters. The third-order valence-electron chi connectivity index (χ3n) is 3.33. The molecule has 1 N–H and O–H groups in total. The van der Waals surface area contributed by atoms with Crippen LogP contribution in [0.5, 0.6) is 0 Å². The van der Waals surface area contributed by atoms with Crippen LogP contribution in [-0.2, 0) is 10.9 Å². The Kier molecular flexibility index (Phi) is 4.28. The molecule has 0 radical (unpaired) electrons. The second-order valence-corrected chi connectivity index (χ2v) is 4.94. The molecule has 1 aliphatic heterocycles. The SMILES string of the molecule is FC(F)(F)c1cccc(Nc2nncc(N3CCOCC3)n2)c1. The van der Waals surface area contributed by atoms with Crippen molar-refractivity contribution in [2.45, 2.75) is 6.18 Å². The molecule has 1 saturated heterocycles. The zero-order valence-corrected chi connectivity index (χ0v) is 12.0. The van der Waals surface area contributed by atoms with E-state index in [1.807, 2.05) is 4.90 Å². The fraction of sp³-hybridized carbons (Fsp3) is 0.357. The molecule has 2 heterocycles. The molecule has 0 saturated carbocycles. The van der Waals surface area contributed by atoms with Crippen LogP contribution in [0, 0.1) is 0 Å². The smallest absolute Gasteiger partial charge is 0.378 e. The minimum absolute atomic E-state index is 0.147. The molecule has 9 heteroatoms. The Morgan fingerprint density at radius 1 is 1.17 bits per heavy atom. The summed E-state index contributed by atoms with van der Waals surface area (Å²) in [5, 5.41) is 10.4. The molecule has 1 aromatic carbocycles. The molecule has 23 heavy (non-hydrogen) atoms. The summed E-state index contributed by atoms with van der Waals surface area (Å²) in [4.78, 5) is 6.27. The fourth-order valence-electron chi connectivity index (χ4n) is 2.20. The van der Waals surface area contributed by atoms with E-state index < -0.39 is 11.7 Å². The first-order valence-electron chi connectivity index (χ1n) is 6.99. The number of rotatable bonds is 3. The molecule has 1 fully saturated rings. The van der Waals surface area contributed by atoms with E-state index in [0.29, 0.717) is 32.1 Å². The summed E-state index contributed by atoms with van der Waals surface area (Å²) in [6.07, 6.45) is -2.88. The van der Waals surface area contributed by atoms with Gasteiger partial charge in [-0.25, -0.2) is 0 Å². The van der Waals surface area contributed by atoms with E-state index in [9.17, 15) is 13.2 Å². The Morgan fingerprint density at radius 2 is 1.96 bits per heavy atom. The van der Waals surface area contributed by atoms with Gasteiger partial charge in [0.05, 0.1) is 25.0 Å². The maximum Gasteiger partial charge on any atom is 0.416 e. The highest BCUT2D eigenvalue weighted by Crippen LogP contribution is 2.31. The van der Waals surface area contributed by atoms with Crippen LogP contribution >= 0.6 is 0 Å². The third kappa shape index (κ3) is 3.86. The average Bonchev–Trinajstić information content (AvgIpc) is 2.55. The van der Waals surface area contributed by atoms with Crippen molar-refractivity contribution < 1.29 is 17.9 Å². The molecular weight excluding hydrogens is 311 g/mol. The summed E-state index contributed by atoms with van der Waals surface area (Å²) in [5.74, 6) is 0.756. The Bertz CT molecular complexity index is 673. The lowest BCUT2D eigenvalue weighted by molar-refractivity contribution is -0.137. The Labute approximate surface area is 130 Å². The van der Waals surface area contributed by atoms with E-state index in [2.05, 4.69) is 20.5 Å². The van der Waals surface area contributed by atoms with Crippen molar-refractivity contribution in [2.24, 2.45) is 0 Å². The van der Waals surface area contributed by atoms with Gasteiger partial charge in [-0.05, 0) is 18.2 Å². The standard InChI is InChI=1S/C14H14F3N5O/c15-14(16,17)10-2-1-3-11(8-10)19-13-20-12(9-18-21-13)22-4-6-23-7-5-22/h1-3,8-9H,4-7H2,(H,19,20,21). The first-order valence-corrected chi connectivity index (χ1v) is 6.99. The number of morpholine rings is 1. The maximum atomic E-state index is 12.7. The summed E-state index contributed by atoms with van der Waals surface area (Å²) in [6.45, 7) is 2.56. The molecule has 122 valence electrons. The first-order chi connectivity index (χ1) is 11.0. The van der Waals surface area contributed by atoms with Gasteiger partial charge in [-0.1, -0.05) is 6.07 Å². The fourth-order valence-corrected chi connectivity index (χ4v) is 2.20. The van der Waals surface area contributed by atoms with Gasteiger partial charge < -0.3 is 15.0 Å². The zero-order chi connectivity index (χ0) is 16.3. The van der Waals surface area contributed by atoms with E-state index in [1.54, 1.807) is 0 Å². The van der Waals surface area contributed by atoms with Crippen LogP contribution in [0.4, 0.5) is 30.6 Å². The maximum absolute atomic E-state index is 12.7. The van der Waals surface area contributed by atoms with Gasteiger partial charge in [0.1, 0.15) is 0 Å². The highest BCUT2D eigenvalue weighted by Gasteiger charge is 2.30. The van der Waals surface area contributed by atoms with Crippen molar-refractivity contribution in [3.05, 3.63) is 36.0 Å². The number of halogens is 3. The largest absolute Gasteiger partial charge is 0.416 e. The van der Waals surface area contributed by atoms with Crippen LogP contribution < -0.4 is 10.2 Å². The van der Waals surface area contributed by atoms with Crippen molar-refractivity contribution in [3.8, 4) is 0 Å². The highest BCUT2D eigenvalue weighted by molar-refractivity contribution is 5.55. The van der Waals surface area contributed by atoms with Crippen molar-refractivity contribution in [2.75, 3.05) is 36.5 Å². The van der Waals surface area contributed by atoms with Crippen molar-refractivity contribution in [1.29, 1.82) is 0 Å². The molecule has 0 spiro atoms. The minimum atomic E-state index is -4.40. The van der Waals surface area contributed by atoms with Gasteiger partial charge in [0.2, 0.25) is 5.95 Å². The lowest BCUT2D eigenvalue weighted by Crippen LogP contribution is -2.37. The molecule has 1 aromatic heterocycles. The minimum Gasteiger partial charge on any atom is -0.378 e. The molecule has 0 aliphatic carbocycles. The Morgan fingerprint density at radius 3 is 2.70 bits per heavy atom. The van der Waals surface area contributed by atoms with Crippen LogP contribution in [0.3, 0.4) is 0 Å². The summed E-state index contributed by atoms with van der Waals surface area (Å²) >= 11 is 0. The van der Waals surface area contributed by atoms with Crippen LogP contribution in [0.2, 0.25) is 0 Å². The van der Waals surface area contributed by atoms with Gasteiger partial charge in [-0.2, -0.15) is 23.3 Å². The van der Waals surface area contributed by atoms with Gasteiger partial charge in [0, 0.05) is 18.8 Å². The molecule has 3 rings (SSSR count). The average molecular weight is 325 g/mol. The number of nitrogens with zero attached hydrogens (tertiary/aromatic N) is 4. The topological polar surface area (TPSA) is 63.2 Å². The normalized spacial score (nSPS) is 15.5. The van der Waals surface area contributed by atoms with Gasteiger partial charge in [-0.3, -0.25) is 0 Å². The molecule has 0 unspecified atom stereocenters. The predicted molar refractivity (Wildman–Crippen MR) is 77.6 cm³/mol. The monoisotopic (exact) mass is 325 g/mol. The molecule has 6 nitrogen and oxygen atoms in total. The van der Waals surface area contributed by atoms with E-state index in [1.165, 1.54) is 18.3 Å². The summed E-state index contributed by atoms with van der Waals surface area (Å²) in [5.41, 5.74) is -0.486. The Balaban J connectivity index is 1.78. The number of benzene rings is 1. The van der Waals surface area contributed by atoms with Gasteiger partial charge in [-0.15, -0.1) is 5.10 Å². The van der Waals surface area contributed by atoms with Crippen molar-refractivity contribution >= 4 is 17.5 Å². The lowest BCUT2D eigenvalue weighted by Gasteiger charge is -2.27. The molecule has 1 aliphatic rings. The third-order valence-corrected chi connectivity index (χ3v) is 3.33. The number of hydrogen-bond donors (Lipinski definition) is 1. The molecule has 0 amide bonds. The van der Waals surface area contributed by atoms with Gasteiger partial charge in [0.15, 0.2) is 5.82 Å². The molecular formula is C14H14F3N5O. The Hall–Kier alpha value is -2.42. The van der Waals surface area contributed by atoms with E-state index in [0.717, 1.165) is 12.1 Å². The van der Waals surface area contributed by atoms with Crippen LogP contribution in [0.15, 0.2) is 30.5 Å². The predicted octanol–water partition coefficient (Wildman–Crippen LogP) is 2.47. The van der Waals surface area contributed by atoms with Gasteiger partial charge >= 0.3 is 6.18 Å². The van der Waals surface area contributed by atoms with Crippen LogP contribution in [-0.4, -0.2) is 41.5 Å². The summed E-state index contributed by atoms with van der Waals surface area (Å²) < 4.78 is 43.4. The number of nitrogens with one attached hydrogen (secondary N) is 1. The molecule has 0 bridgehead atoms. The van der Waals surface area contributed by atoms with E-state index >= 15 is 0 Å². The van der Waals surface area contributed by atoms with Crippen LogP contribution in [0.25, 0.3) is 0 Å². The van der Waals surface area contributed by atoms with Crippen molar-refractivity contribution in [3.63, 3.8) is 0 Å². The first kappa shape index (κ1) is 15.5. The number of hydrogen-bond acceptors (Lipinski definition) is 6. The van der Waals surface area contributed by atoms with Crippen LogP contribution in [0.1, 0.15) is 5.56 Å².